The van der Waals surface area contributed by atoms with Gasteiger partial charge >= 0.3 is 5.97 Å². The Bertz CT molecular complexity index is 766. The molecular formula is C18H31N3O5S. The first-order valence-electron chi connectivity index (χ1n) is 9.38. The van der Waals surface area contributed by atoms with Gasteiger partial charge in [0.1, 0.15) is 10.5 Å². The van der Waals surface area contributed by atoms with Gasteiger partial charge in [0.25, 0.3) is 0 Å². The summed E-state index contributed by atoms with van der Waals surface area (Å²) in [6, 6.07) is -0.247. The molecule has 0 aliphatic carbocycles. The second kappa shape index (κ2) is 9.18. The number of rotatable bonds is 8. The first kappa shape index (κ1) is 21.9. The lowest BCUT2D eigenvalue weighted by molar-refractivity contribution is 0.0344. The van der Waals surface area contributed by atoms with Crippen LogP contribution in [0.1, 0.15) is 42.0 Å². The van der Waals surface area contributed by atoms with E-state index in [1.165, 1.54) is 0 Å². The van der Waals surface area contributed by atoms with Crippen LogP contribution in [0.5, 0.6) is 0 Å². The number of nitrogens with one attached hydrogen (secondary N) is 1. The lowest BCUT2D eigenvalue weighted by Gasteiger charge is -2.30. The highest BCUT2D eigenvalue weighted by atomic mass is 32.2. The Labute approximate surface area is 161 Å². The monoisotopic (exact) mass is 401 g/mol. The Morgan fingerprint density at radius 2 is 1.85 bits per heavy atom. The molecule has 27 heavy (non-hydrogen) atoms. The van der Waals surface area contributed by atoms with Crippen LogP contribution in [0.2, 0.25) is 0 Å². The molecule has 1 saturated heterocycles. The number of carbonyl (C=O) groups excluding carboxylic acids is 1. The normalized spacial score (nSPS) is 17.1. The topological polar surface area (TPSA) is 89.9 Å². The minimum Gasteiger partial charge on any atom is -0.462 e. The van der Waals surface area contributed by atoms with Crippen LogP contribution in [0.15, 0.2) is 4.90 Å². The molecule has 0 saturated carbocycles. The molecule has 0 amide bonds. The molecule has 1 atom stereocenters. The van der Waals surface area contributed by atoms with Crippen LogP contribution in [0, 0.1) is 13.8 Å². The summed E-state index contributed by atoms with van der Waals surface area (Å²) in [5.74, 6) is -0.611. The Morgan fingerprint density at radius 3 is 2.41 bits per heavy atom. The molecule has 1 aliphatic heterocycles. The Hall–Kier alpha value is -1.42. The van der Waals surface area contributed by atoms with E-state index in [0.717, 1.165) is 13.1 Å². The van der Waals surface area contributed by atoms with Gasteiger partial charge < -0.3 is 14.0 Å². The van der Waals surface area contributed by atoms with Crippen molar-refractivity contribution in [3.63, 3.8) is 0 Å². The standard InChI is InChI=1S/C18H31N3O5S/c1-6-15(12-21-8-10-25-11-9-21)19-27(23,24)17-14(4)20(5)13(3)16(17)18(22)26-7-2/h15,19H,6-12H2,1-5H3. The van der Waals surface area contributed by atoms with E-state index in [1.807, 2.05) is 6.92 Å². The van der Waals surface area contributed by atoms with Crippen molar-refractivity contribution in [1.82, 2.24) is 14.2 Å². The summed E-state index contributed by atoms with van der Waals surface area (Å²) >= 11 is 0. The van der Waals surface area contributed by atoms with Gasteiger partial charge in [-0.3, -0.25) is 4.90 Å². The van der Waals surface area contributed by atoms with Crippen LogP contribution in [-0.2, 0) is 26.5 Å². The number of hydrogen-bond donors (Lipinski definition) is 1. The zero-order valence-electron chi connectivity index (χ0n) is 16.9. The van der Waals surface area contributed by atoms with E-state index in [2.05, 4.69) is 9.62 Å². The summed E-state index contributed by atoms with van der Waals surface area (Å²) in [5.41, 5.74) is 1.21. The molecule has 2 heterocycles. The van der Waals surface area contributed by atoms with E-state index in [4.69, 9.17) is 9.47 Å². The highest BCUT2D eigenvalue weighted by Crippen LogP contribution is 2.27. The Balaban J connectivity index is 2.31. The summed E-state index contributed by atoms with van der Waals surface area (Å²) in [6.45, 7) is 10.8. The summed E-state index contributed by atoms with van der Waals surface area (Å²) in [7, 11) is -2.13. The van der Waals surface area contributed by atoms with Gasteiger partial charge in [-0.15, -0.1) is 0 Å². The molecule has 9 heteroatoms. The fourth-order valence-corrected chi connectivity index (χ4v) is 5.14. The predicted octanol–water partition coefficient (Wildman–Crippen LogP) is 1.21. The van der Waals surface area contributed by atoms with Gasteiger partial charge in [-0.25, -0.2) is 17.9 Å². The van der Waals surface area contributed by atoms with Crippen molar-refractivity contribution in [2.75, 3.05) is 39.5 Å². The number of carbonyl (C=O) groups is 1. The number of esters is 1. The van der Waals surface area contributed by atoms with E-state index in [0.29, 0.717) is 37.6 Å². The third kappa shape index (κ3) is 4.90. The molecule has 1 N–H and O–H groups in total. The summed E-state index contributed by atoms with van der Waals surface area (Å²) in [6.07, 6.45) is 0.649. The van der Waals surface area contributed by atoms with Crippen LogP contribution in [0.3, 0.4) is 0 Å². The van der Waals surface area contributed by atoms with Gasteiger partial charge in [0.05, 0.1) is 19.8 Å². The zero-order valence-corrected chi connectivity index (χ0v) is 17.7. The molecule has 0 bridgehead atoms. The average molecular weight is 402 g/mol. The molecule has 1 aliphatic rings. The van der Waals surface area contributed by atoms with Crippen molar-refractivity contribution >= 4 is 16.0 Å². The van der Waals surface area contributed by atoms with Crippen LogP contribution in [0.25, 0.3) is 0 Å². The predicted molar refractivity (Wildman–Crippen MR) is 103 cm³/mol. The maximum atomic E-state index is 13.2. The number of nitrogens with zero attached hydrogens (tertiary/aromatic N) is 2. The Kier molecular flexibility index (Phi) is 7.44. The van der Waals surface area contributed by atoms with Crippen molar-refractivity contribution in [2.45, 2.75) is 45.1 Å². The van der Waals surface area contributed by atoms with Gasteiger partial charge in [-0.2, -0.15) is 0 Å². The van der Waals surface area contributed by atoms with E-state index in [-0.39, 0.29) is 23.1 Å². The van der Waals surface area contributed by atoms with Crippen molar-refractivity contribution < 1.29 is 22.7 Å². The molecule has 0 radical (unpaired) electrons. The third-order valence-electron chi connectivity index (χ3n) is 5.07. The SMILES string of the molecule is CCOC(=O)c1c(S(=O)(=O)NC(CC)CN2CCOCC2)c(C)n(C)c1C. The minimum absolute atomic E-state index is 0.0152. The molecular weight excluding hydrogens is 370 g/mol. The van der Waals surface area contributed by atoms with Gasteiger partial charge in [0, 0.05) is 44.1 Å². The minimum atomic E-state index is -3.88. The quantitative estimate of drug-likeness (QED) is 0.659. The van der Waals surface area contributed by atoms with Crippen LogP contribution in [-0.4, -0.2) is 69.4 Å². The van der Waals surface area contributed by atoms with Crippen molar-refractivity contribution in [3.8, 4) is 0 Å². The van der Waals surface area contributed by atoms with E-state index in [1.54, 1.807) is 32.4 Å². The number of hydrogen-bond acceptors (Lipinski definition) is 6. The average Bonchev–Trinajstić information content (AvgIpc) is 2.86. The number of aromatic nitrogens is 1. The molecule has 0 aromatic carbocycles. The number of morpholine rings is 1. The molecule has 2 rings (SSSR count). The largest absolute Gasteiger partial charge is 0.462 e. The van der Waals surface area contributed by atoms with E-state index >= 15 is 0 Å². The molecule has 1 fully saturated rings. The van der Waals surface area contributed by atoms with Crippen LogP contribution in [0.4, 0.5) is 0 Å². The smallest absolute Gasteiger partial charge is 0.341 e. The van der Waals surface area contributed by atoms with Gasteiger partial charge in [-0.05, 0) is 27.2 Å². The molecule has 1 aromatic rings. The lowest BCUT2D eigenvalue weighted by atomic mass is 10.2. The van der Waals surface area contributed by atoms with Crippen LogP contribution < -0.4 is 4.72 Å². The fourth-order valence-electron chi connectivity index (χ4n) is 3.31. The second-order valence-electron chi connectivity index (χ2n) is 6.79. The number of sulfonamides is 1. The van der Waals surface area contributed by atoms with Crippen molar-refractivity contribution in [1.29, 1.82) is 0 Å². The maximum absolute atomic E-state index is 13.2. The van der Waals surface area contributed by atoms with Gasteiger partial charge in [-0.1, -0.05) is 6.92 Å². The molecule has 1 unspecified atom stereocenters. The highest BCUT2D eigenvalue weighted by molar-refractivity contribution is 7.89. The first-order chi connectivity index (χ1) is 12.7. The van der Waals surface area contributed by atoms with Crippen molar-refractivity contribution in [2.24, 2.45) is 7.05 Å². The third-order valence-corrected chi connectivity index (χ3v) is 6.75. The fraction of sp³-hybridized carbons (Fsp3) is 0.722. The summed E-state index contributed by atoms with van der Waals surface area (Å²) in [4.78, 5) is 14.6. The second-order valence-corrected chi connectivity index (χ2v) is 8.44. The molecule has 0 spiro atoms. The van der Waals surface area contributed by atoms with Crippen LogP contribution >= 0.6 is 0 Å². The van der Waals surface area contributed by atoms with E-state index < -0.39 is 16.0 Å². The first-order valence-corrected chi connectivity index (χ1v) is 10.9. The van der Waals surface area contributed by atoms with Gasteiger partial charge in [0.15, 0.2) is 0 Å². The Morgan fingerprint density at radius 1 is 1.22 bits per heavy atom. The molecule has 154 valence electrons. The van der Waals surface area contributed by atoms with Crippen molar-refractivity contribution in [3.05, 3.63) is 17.0 Å². The molecule has 8 nitrogen and oxygen atoms in total. The summed E-state index contributed by atoms with van der Waals surface area (Å²) in [5, 5.41) is 0. The van der Waals surface area contributed by atoms with Gasteiger partial charge in [0.2, 0.25) is 10.0 Å². The lowest BCUT2D eigenvalue weighted by Crippen LogP contribution is -2.47. The molecule has 1 aromatic heterocycles. The highest BCUT2D eigenvalue weighted by Gasteiger charge is 2.33. The van der Waals surface area contributed by atoms with E-state index in [9.17, 15) is 13.2 Å². The summed E-state index contributed by atoms with van der Waals surface area (Å²) < 4.78 is 41.3. The number of ether oxygens (including phenoxy) is 2. The maximum Gasteiger partial charge on any atom is 0.341 e. The zero-order chi connectivity index (χ0) is 20.2.